The molecule has 14 heavy (non-hydrogen) atoms. The van der Waals surface area contributed by atoms with Gasteiger partial charge in [-0.2, -0.15) is 11.8 Å². The van der Waals surface area contributed by atoms with Gasteiger partial charge in [0, 0.05) is 0 Å². The zero-order chi connectivity index (χ0) is 10.4. The number of rotatable bonds is 5. The summed E-state index contributed by atoms with van der Waals surface area (Å²) in [6.45, 7) is 0.672. The lowest BCUT2D eigenvalue weighted by atomic mass is 10.3. The molecule has 0 spiro atoms. The van der Waals surface area contributed by atoms with Crippen LogP contribution in [0.25, 0.3) is 0 Å². The zero-order valence-corrected chi connectivity index (χ0v) is 10.3. The van der Waals surface area contributed by atoms with Gasteiger partial charge in [-0.3, -0.25) is 0 Å². The zero-order valence-electron chi connectivity index (χ0n) is 7.93. The molecular formula is C10H12BrFOS. The van der Waals surface area contributed by atoms with Crippen molar-refractivity contribution >= 4 is 27.7 Å². The molecule has 0 saturated carbocycles. The molecule has 4 heteroatoms. The minimum absolute atomic E-state index is 0.256. The number of hydrogen-bond acceptors (Lipinski definition) is 2. The van der Waals surface area contributed by atoms with Crippen molar-refractivity contribution in [3.8, 4) is 5.75 Å². The van der Waals surface area contributed by atoms with Crippen LogP contribution < -0.4 is 4.74 Å². The number of benzene rings is 1. The maximum atomic E-state index is 12.7. The van der Waals surface area contributed by atoms with E-state index in [1.807, 2.05) is 0 Å². The first-order valence-electron chi connectivity index (χ1n) is 4.31. The van der Waals surface area contributed by atoms with Gasteiger partial charge < -0.3 is 4.74 Å². The van der Waals surface area contributed by atoms with Gasteiger partial charge in [-0.05, 0) is 52.6 Å². The molecule has 0 atom stereocenters. The van der Waals surface area contributed by atoms with Gasteiger partial charge >= 0.3 is 0 Å². The Balaban J connectivity index is 2.42. The van der Waals surface area contributed by atoms with E-state index in [1.54, 1.807) is 17.8 Å². The van der Waals surface area contributed by atoms with Crippen LogP contribution in [-0.2, 0) is 0 Å². The standard InChI is InChI=1S/C10H12BrFOS/c1-14-6-2-5-13-10-4-3-8(12)7-9(10)11/h3-4,7H,2,5-6H2,1H3. The van der Waals surface area contributed by atoms with Crippen LogP contribution in [0.2, 0.25) is 0 Å². The van der Waals surface area contributed by atoms with Crippen LogP contribution in [0.4, 0.5) is 4.39 Å². The van der Waals surface area contributed by atoms with Gasteiger partial charge in [-0.25, -0.2) is 4.39 Å². The van der Waals surface area contributed by atoms with Crippen molar-refractivity contribution in [3.63, 3.8) is 0 Å². The lowest BCUT2D eigenvalue weighted by molar-refractivity contribution is 0.316. The van der Waals surface area contributed by atoms with E-state index in [4.69, 9.17) is 4.74 Å². The molecule has 0 fully saturated rings. The smallest absolute Gasteiger partial charge is 0.133 e. The molecule has 0 saturated heterocycles. The molecule has 1 aromatic carbocycles. The molecule has 1 aromatic rings. The van der Waals surface area contributed by atoms with Crippen LogP contribution in [-0.4, -0.2) is 18.6 Å². The second kappa shape index (κ2) is 6.30. The first-order valence-corrected chi connectivity index (χ1v) is 6.49. The van der Waals surface area contributed by atoms with E-state index in [-0.39, 0.29) is 5.82 Å². The summed E-state index contributed by atoms with van der Waals surface area (Å²) >= 11 is 5.04. The van der Waals surface area contributed by atoms with Gasteiger partial charge in [-0.15, -0.1) is 0 Å². The van der Waals surface area contributed by atoms with Crippen LogP contribution in [0.5, 0.6) is 5.75 Å². The Morgan fingerprint density at radius 3 is 2.93 bits per heavy atom. The van der Waals surface area contributed by atoms with Gasteiger partial charge in [0.2, 0.25) is 0 Å². The first-order chi connectivity index (χ1) is 6.74. The fourth-order valence-corrected chi connectivity index (χ4v) is 1.85. The Morgan fingerprint density at radius 2 is 2.29 bits per heavy atom. The van der Waals surface area contributed by atoms with Crippen molar-refractivity contribution in [1.29, 1.82) is 0 Å². The SMILES string of the molecule is CSCCCOc1ccc(F)cc1Br. The molecule has 0 N–H and O–H groups in total. The van der Waals surface area contributed by atoms with E-state index >= 15 is 0 Å². The van der Waals surface area contributed by atoms with Gasteiger partial charge in [0.05, 0.1) is 11.1 Å². The molecule has 0 amide bonds. The van der Waals surface area contributed by atoms with Crippen molar-refractivity contribution in [2.45, 2.75) is 6.42 Å². The summed E-state index contributed by atoms with van der Waals surface area (Å²) in [7, 11) is 0. The highest BCUT2D eigenvalue weighted by atomic mass is 79.9. The first kappa shape index (κ1) is 11.9. The van der Waals surface area contributed by atoms with Crippen molar-refractivity contribution < 1.29 is 9.13 Å². The maximum Gasteiger partial charge on any atom is 0.133 e. The molecule has 0 bridgehead atoms. The second-order valence-electron chi connectivity index (χ2n) is 2.77. The molecule has 0 aromatic heterocycles. The molecule has 0 unspecified atom stereocenters. The van der Waals surface area contributed by atoms with Crippen LogP contribution >= 0.6 is 27.7 Å². The summed E-state index contributed by atoms with van der Waals surface area (Å²) in [5, 5.41) is 0. The number of hydrogen-bond donors (Lipinski definition) is 0. The minimum Gasteiger partial charge on any atom is -0.492 e. The Morgan fingerprint density at radius 1 is 1.50 bits per heavy atom. The van der Waals surface area contributed by atoms with E-state index in [0.29, 0.717) is 16.8 Å². The molecule has 0 heterocycles. The predicted molar refractivity (Wildman–Crippen MR) is 62.6 cm³/mol. The monoisotopic (exact) mass is 278 g/mol. The Hall–Kier alpha value is -0.220. The second-order valence-corrected chi connectivity index (χ2v) is 4.61. The van der Waals surface area contributed by atoms with E-state index in [1.165, 1.54) is 12.1 Å². The summed E-state index contributed by atoms with van der Waals surface area (Å²) in [5.41, 5.74) is 0. The fraction of sp³-hybridized carbons (Fsp3) is 0.400. The van der Waals surface area contributed by atoms with Crippen LogP contribution in [0.1, 0.15) is 6.42 Å². The number of thioether (sulfide) groups is 1. The van der Waals surface area contributed by atoms with Crippen LogP contribution in [0.15, 0.2) is 22.7 Å². The van der Waals surface area contributed by atoms with Crippen molar-refractivity contribution in [3.05, 3.63) is 28.5 Å². The molecule has 0 aliphatic rings. The highest BCUT2D eigenvalue weighted by Gasteiger charge is 2.01. The fourth-order valence-electron chi connectivity index (χ4n) is 0.978. The molecule has 0 aliphatic carbocycles. The van der Waals surface area contributed by atoms with E-state index in [9.17, 15) is 4.39 Å². The molecular weight excluding hydrogens is 267 g/mol. The molecule has 0 radical (unpaired) electrons. The average Bonchev–Trinajstić information content (AvgIpc) is 2.15. The quantitative estimate of drug-likeness (QED) is 0.760. The molecule has 1 nitrogen and oxygen atoms in total. The van der Waals surface area contributed by atoms with E-state index in [0.717, 1.165) is 12.2 Å². The normalized spacial score (nSPS) is 10.2. The lowest BCUT2D eigenvalue weighted by Crippen LogP contribution is -1.99. The highest BCUT2D eigenvalue weighted by Crippen LogP contribution is 2.25. The Labute approximate surface area is 96.2 Å². The molecule has 1 rings (SSSR count). The van der Waals surface area contributed by atoms with Crippen molar-refractivity contribution in [2.24, 2.45) is 0 Å². The van der Waals surface area contributed by atoms with Crippen LogP contribution in [0.3, 0.4) is 0 Å². The van der Waals surface area contributed by atoms with Gasteiger partial charge in [-0.1, -0.05) is 0 Å². The molecule has 0 aliphatic heterocycles. The number of ether oxygens (including phenoxy) is 1. The lowest BCUT2D eigenvalue weighted by Gasteiger charge is -2.07. The third-order valence-corrected chi connectivity index (χ3v) is 2.96. The maximum absolute atomic E-state index is 12.7. The van der Waals surface area contributed by atoms with Crippen molar-refractivity contribution in [1.82, 2.24) is 0 Å². The molecule has 78 valence electrons. The van der Waals surface area contributed by atoms with Gasteiger partial charge in [0.1, 0.15) is 11.6 Å². The summed E-state index contributed by atoms with van der Waals surface area (Å²) in [6.07, 6.45) is 3.07. The summed E-state index contributed by atoms with van der Waals surface area (Å²) in [5.74, 6) is 1.53. The third kappa shape index (κ3) is 3.88. The Kier molecular flexibility index (Phi) is 5.33. The average molecular weight is 279 g/mol. The topological polar surface area (TPSA) is 9.23 Å². The summed E-state index contributed by atoms with van der Waals surface area (Å²) < 4.78 is 18.8. The Bertz CT molecular complexity index is 293. The largest absolute Gasteiger partial charge is 0.492 e. The predicted octanol–water partition coefficient (Wildman–Crippen LogP) is 3.72. The van der Waals surface area contributed by atoms with Gasteiger partial charge in [0.25, 0.3) is 0 Å². The summed E-state index contributed by atoms with van der Waals surface area (Å²) in [6, 6.07) is 4.44. The van der Waals surface area contributed by atoms with Gasteiger partial charge in [0.15, 0.2) is 0 Å². The van der Waals surface area contributed by atoms with Crippen LogP contribution in [0, 0.1) is 5.82 Å². The van der Waals surface area contributed by atoms with E-state index in [2.05, 4.69) is 22.2 Å². The highest BCUT2D eigenvalue weighted by molar-refractivity contribution is 9.10. The number of halogens is 2. The van der Waals surface area contributed by atoms with E-state index < -0.39 is 0 Å². The third-order valence-electron chi connectivity index (χ3n) is 1.64. The van der Waals surface area contributed by atoms with Crippen molar-refractivity contribution in [2.75, 3.05) is 18.6 Å². The summed E-state index contributed by atoms with van der Waals surface area (Å²) in [4.78, 5) is 0. The minimum atomic E-state index is -0.256.